The average Bonchev–Trinajstić information content (AvgIpc) is 2.31. The van der Waals surface area contributed by atoms with E-state index in [1.54, 1.807) is 0 Å². The maximum absolute atomic E-state index is 6.04. The summed E-state index contributed by atoms with van der Waals surface area (Å²) in [5.74, 6) is 0. The molecule has 2 aliphatic rings. The van der Waals surface area contributed by atoms with Gasteiger partial charge >= 0.3 is 0 Å². The molecule has 0 aliphatic carbocycles. The van der Waals surface area contributed by atoms with E-state index in [1.165, 1.54) is 11.3 Å². The lowest BCUT2D eigenvalue weighted by atomic mass is 9.57. The van der Waals surface area contributed by atoms with Crippen LogP contribution in [0.4, 0.5) is 5.69 Å². The molecule has 0 radical (unpaired) electrons. The van der Waals surface area contributed by atoms with Crippen molar-refractivity contribution in [2.24, 2.45) is 11.1 Å². The fourth-order valence-electron chi connectivity index (χ4n) is 3.10. The molecule has 1 aromatic rings. The Morgan fingerprint density at radius 2 is 1.63 bits per heavy atom. The van der Waals surface area contributed by atoms with Gasteiger partial charge in [-0.25, -0.2) is 0 Å². The van der Waals surface area contributed by atoms with Crippen molar-refractivity contribution in [2.45, 2.75) is 5.41 Å². The lowest BCUT2D eigenvalue weighted by Gasteiger charge is -2.59. The smallest absolute Gasteiger partial charge is 0.0593 e. The van der Waals surface area contributed by atoms with Crippen LogP contribution in [0.5, 0.6) is 0 Å². The molecule has 2 saturated heterocycles. The molecule has 0 atom stereocenters. The molecule has 0 unspecified atom stereocenters. The number of nitrogens with zero attached hydrogens (tertiary/aromatic N) is 1. The predicted molar refractivity (Wildman–Crippen MR) is 75.6 cm³/mol. The maximum Gasteiger partial charge on any atom is 0.0593 e. The first-order valence-electron chi connectivity index (χ1n) is 6.77. The number of anilines is 1. The second-order valence-electron chi connectivity index (χ2n) is 5.99. The van der Waals surface area contributed by atoms with Gasteiger partial charge in [0, 0.05) is 31.7 Å². The highest BCUT2D eigenvalue weighted by Crippen LogP contribution is 2.51. The van der Waals surface area contributed by atoms with Gasteiger partial charge < -0.3 is 20.1 Å². The summed E-state index contributed by atoms with van der Waals surface area (Å²) in [6.07, 6.45) is 0. The quantitative estimate of drug-likeness (QED) is 0.879. The van der Waals surface area contributed by atoms with Crippen LogP contribution < -0.4 is 10.6 Å². The molecule has 1 aromatic carbocycles. The zero-order valence-electron chi connectivity index (χ0n) is 11.7. The Morgan fingerprint density at radius 3 is 1.95 bits per heavy atom. The van der Waals surface area contributed by atoms with Gasteiger partial charge in [0.2, 0.25) is 0 Å². The number of hydrogen-bond donors (Lipinski definition) is 1. The monoisotopic (exact) mass is 262 g/mol. The molecule has 104 valence electrons. The standard InChI is InChI=1S/C15H22N2O2/c1-17(2)13-5-3-12(4-6-13)15(10-19-11-15)14(7-16)8-18-9-14/h3-6H,7-11,16H2,1-2H3. The summed E-state index contributed by atoms with van der Waals surface area (Å²) in [4.78, 5) is 2.11. The summed E-state index contributed by atoms with van der Waals surface area (Å²) in [5, 5.41) is 0. The predicted octanol–water partition coefficient (Wildman–Crippen LogP) is 0.996. The molecule has 19 heavy (non-hydrogen) atoms. The largest absolute Gasteiger partial charge is 0.380 e. The minimum absolute atomic E-state index is 0.0465. The number of rotatable bonds is 4. The van der Waals surface area contributed by atoms with Crippen LogP contribution in [0.15, 0.2) is 24.3 Å². The lowest BCUT2D eigenvalue weighted by molar-refractivity contribution is -0.223. The highest BCUT2D eigenvalue weighted by Gasteiger charge is 2.60. The van der Waals surface area contributed by atoms with E-state index >= 15 is 0 Å². The third kappa shape index (κ3) is 1.71. The van der Waals surface area contributed by atoms with E-state index in [9.17, 15) is 0 Å². The molecular formula is C15H22N2O2. The van der Waals surface area contributed by atoms with E-state index in [-0.39, 0.29) is 10.8 Å². The van der Waals surface area contributed by atoms with Crippen LogP contribution in [0.2, 0.25) is 0 Å². The molecule has 2 heterocycles. The number of hydrogen-bond acceptors (Lipinski definition) is 4. The summed E-state index contributed by atoms with van der Waals surface area (Å²) in [5.41, 5.74) is 8.69. The van der Waals surface area contributed by atoms with Gasteiger partial charge in [0.15, 0.2) is 0 Å². The van der Waals surface area contributed by atoms with Crippen LogP contribution in [-0.2, 0) is 14.9 Å². The minimum Gasteiger partial charge on any atom is -0.380 e. The van der Waals surface area contributed by atoms with Crippen molar-refractivity contribution >= 4 is 5.69 Å². The first kappa shape index (κ1) is 12.9. The zero-order valence-corrected chi connectivity index (χ0v) is 11.7. The fraction of sp³-hybridized carbons (Fsp3) is 0.600. The normalized spacial score (nSPS) is 23.3. The third-order valence-corrected chi connectivity index (χ3v) is 4.80. The number of nitrogens with two attached hydrogens (primary N) is 1. The van der Waals surface area contributed by atoms with Crippen LogP contribution >= 0.6 is 0 Å². The third-order valence-electron chi connectivity index (χ3n) is 4.80. The topological polar surface area (TPSA) is 47.7 Å². The van der Waals surface area contributed by atoms with Crippen LogP contribution in [0.1, 0.15) is 5.56 Å². The Bertz CT molecular complexity index is 442. The average molecular weight is 262 g/mol. The van der Waals surface area contributed by atoms with Gasteiger partial charge in [-0.05, 0) is 17.7 Å². The summed E-state index contributed by atoms with van der Waals surface area (Å²) >= 11 is 0. The van der Waals surface area contributed by atoms with Crippen LogP contribution in [0, 0.1) is 5.41 Å². The molecule has 0 bridgehead atoms. The van der Waals surface area contributed by atoms with Gasteiger partial charge in [0.05, 0.1) is 31.8 Å². The lowest BCUT2D eigenvalue weighted by Crippen LogP contribution is -2.69. The van der Waals surface area contributed by atoms with Crippen molar-refractivity contribution < 1.29 is 9.47 Å². The van der Waals surface area contributed by atoms with E-state index < -0.39 is 0 Å². The van der Waals surface area contributed by atoms with Crippen molar-refractivity contribution in [3.63, 3.8) is 0 Å². The van der Waals surface area contributed by atoms with Crippen molar-refractivity contribution in [1.29, 1.82) is 0 Å². The van der Waals surface area contributed by atoms with Gasteiger partial charge in [0.25, 0.3) is 0 Å². The van der Waals surface area contributed by atoms with Crippen LogP contribution in [0.3, 0.4) is 0 Å². The molecule has 0 amide bonds. The highest BCUT2D eigenvalue weighted by molar-refractivity contribution is 5.48. The Kier molecular flexibility index (Phi) is 3.04. The Hall–Kier alpha value is -1.10. The number of ether oxygens (including phenoxy) is 2. The molecule has 0 spiro atoms. The molecule has 0 aromatic heterocycles. The maximum atomic E-state index is 6.04. The van der Waals surface area contributed by atoms with Gasteiger partial charge in [0.1, 0.15) is 0 Å². The molecule has 2 N–H and O–H groups in total. The van der Waals surface area contributed by atoms with Gasteiger partial charge in [-0.15, -0.1) is 0 Å². The van der Waals surface area contributed by atoms with E-state index in [0.29, 0.717) is 6.54 Å². The first-order valence-corrected chi connectivity index (χ1v) is 6.77. The zero-order chi connectivity index (χ0) is 13.5. The Morgan fingerprint density at radius 1 is 1.05 bits per heavy atom. The van der Waals surface area contributed by atoms with Gasteiger partial charge in [-0.2, -0.15) is 0 Å². The first-order chi connectivity index (χ1) is 9.13. The van der Waals surface area contributed by atoms with Gasteiger partial charge in [-0.3, -0.25) is 0 Å². The SMILES string of the molecule is CN(C)c1ccc(C2(C3(CN)COC3)COC2)cc1. The summed E-state index contributed by atoms with van der Waals surface area (Å²) in [7, 11) is 4.11. The molecule has 2 fully saturated rings. The molecule has 0 saturated carbocycles. The van der Waals surface area contributed by atoms with Crippen molar-refractivity contribution in [3.8, 4) is 0 Å². The van der Waals surface area contributed by atoms with E-state index in [0.717, 1.165) is 26.4 Å². The van der Waals surface area contributed by atoms with Crippen LogP contribution in [0.25, 0.3) is 0 Å². The summed E-state index contributed by atoms with van der Waals surface area (Å²) < 4.78 is 11.0. The molecule has 3 rings (SSSR count). The second kappa shape index (κ2) is 4.47. The molecular weight excluding hydrogens is 240 g/mol. The second-order valence-corrected chi connectivity index (χ2v) is 5.99. The minimum atomic E-state index is 0.0465. The molecule has 2 aliphatic heterocycles. The van der Waals surface area contributed by atoms with Crippen molar-refractivity contribution in [2.75, 3.05) is 52.0 Å². The fourth-order valence-corrected chi connectivity index (χ4v) is 3.10. The van der Waals surface area contributed by atoms with Crippen molar-refractivity contribution in [3.05, 3.63) is 29.8 Å². The summed E-state index contributed by atoms with van der Waals surface area (Å²) in [6.45, 7) is 3.68. The molecule has 4 heteroatoms. The van der Waals surface area contributed by atoms with E-state index in [1.807, 2.05) is 0 Å². The Balaban J connectivity index is 1.94. The highest BCUT2D eigenvalue weighted by atomic mass is 16.5. The van der Waals surface area contributed by atoms with E-state index in [2.05, 4.69) is 43.3 Å². The molecule has 4 nitrogen and oxygen atoms in total. The summed E-state index contributed by atoms with van der Waals surface area (Å²) in [6, 6.07) is 8.76. The Labute approximate surface area is 114 Å². The van der Waals surface area contributed by atoms with Gasteiger partial charge in [-0.1, -0.05) is 12.1 Å². The van der Waals surface area contributed by atoms with Crippen LogP contribution in [-0.4, -0.2) is 47.1 Å². The number of benzene rings is 1. The van der Waals surface area contributed by atoms with E-state index in [4.69, 9.17) is 15.2 Å². The van der Waals surface area contributed by atoms with Crippen molar-refractivity contribution in [1.82, 2.24) is 0 Å².